The molecule has 3 aromatic heterocycles. The Morgan fingerprint density at radius 3 is 2.67 bits per heavy atom. The van der Waals surface area contributed by atoms with Gasteiger partial charge >= 0.3 is 0 Å². The minimum Gasteiger partial charge on any atom is -0.378 e. The minimum absolute atomic E-state index is 0.0796. The number of ether oxygens (including phenoxy) is 1. The predicted molar refractivity (Wildman–Crippen MR) is 153 cm³/mol. The van der Waals surface area contributed by atoms with E-state index in [0.29, 0.717) is 42.7 Å². The second kappa shape index (κ2) is 10.5. The van der Waals surface area contributed by atoms with Gasteiger partial charge in [-0.1, -0.05) is 23.8 Å². The predicted octanol–water partition coefficient (Wildman–Crippen LogP) is 3.95. The summed E-state index contributed by atoms with van der Waals surface area (Å²) >= 11 is 1.34. The van der Waals surface area contributed by atoms with Gasteiger partial charge in [-0.25, -0.2) is 19.0 Å². The van der Waals surface area contributed by atoms with Gasteiger partial charge in [0.1, 0.15) is 6.17 Å². The number of carbonyl (C=O) groups excluding carboxylic acids is 1. The van der Waals surface area contributed by atoms with Crippen molar-refractivity contribution in [3.8, 4) is 17.1 Å². The molecule has 208 valence electrons. The number of nitrogens with zero attached hydrogens (tertiary/aromatic N) is 7. The van der Waals surface area contributed by atoms with Crippen molar-refractivity contribution in [3.63, 3.8) is 0 Å². The molecule has 0 radical (unpaired) electrons. The van der Waals surface area contributed by atoms with E-state index in [2.05, 4.69) is 28.9 Å². The molecule has 3 aliphatic rings. The molecular formula is C29H32FN7O2S. The van der Waals surface area contributed by atoms with E-state index >= 15 is 4.39 Å². The van der Waals surface area contributed by atoms with Crippen LogP contribution < -0.4 is 4.90 Å². The molecule has 1 amide bonds. The molecule has 0 bridgehead atoms. The first-order valence-electron chi connectivity index (χ1n) is 14.0. The number of fused-ring (bicyclic) bond motifs is 1. The molecule has 9 nitrogen and oxygen atoms in total. The van der Waals surface area contributed by atoms with Gasteiger partial charge in [0.2, 0.25) is 0 Å². The number of halogens is 1. The van der Waals surface area contributed by atoms with Crippen molar-refractivity contribution in [2.75, 3.05) is 57.4 Å². The van der Waals surface area contributed by atoms with Gasteiger partial charge in [-0.15, -0.1) is 11.3 Å². The number of piperidine rings is 1. The highest BCUT2D eigenvalue weighted by Crippen LogP contribution is 2.35. The van der Waals surface area contributed by atoms with Crippen LogP contribution >= 0.6 is 11.3 Å². The first-order chi connectivity index (χ1) is 19.5. The lowest BCUT2D eigenvalue weighted by molar-refractivity contribution is 0.00582. The summed E-state index contributed by atoms with van der Waals surface area (Å²) in [5.41, 5.74) is 4.54. The molecule has 7 rings (SSSR count). The largest absolute Gasteiger partial charge is 0.378 e. The third kappa shape index (κ3) is 4.76. The molecule has 1 aromatic carbocycles. The normalized spacial score (nSPS) is 22.1. The number of aryl methyl sites for hydroxylation is 1. The van der Waals surface area contributed by atoms with E-state index in [9.17, 15) is 4.79 Å². The van der Waals surface area contributed by atoms with Gasteiger partial charge in [-0.05, 0) is 45.0 Å². The molecule has 2 unspecified atom stereocenters. The molecule has 0 spiro atoms. The molecule has 2 atom stereocenters. The van der Waals surface area contributed by atoms with Crippen LogP contribution in [0.5, 0.6) is 0 Å². The summed E-state index contributed by atoms with van der Waals surface area (Å²) in [7, 11) is 0. The van der Waals surface area contributed by atoms with E-state index in [1.165, 1.54) is 16.9 Å². The fraction of sp³-hybridized carbons (Fsp3) is 0.448. The quantitative estimate of drug-likeness (QED) is 0.365. The number of morpholine rings is 1. The number of likely N-dealkylation sites (tertiary alicyclic amines) is 2. The molecule has 11 heteroatoms. The van der Waals surface area contributed by atoms with Crippen molar-refractivity contribution in [2.24, 2.45) is 0 Å². The van der Waals surface area contributed by atoms with Gasteiger partial charge < -0.3 is 14.5 Å². The van der Waals surface area contributed by atoms with E-state index < -0.39 is 6.17 Å². The molecule has 3 aliphatic heterocycles. The summed E-state index contributed by atoms with van der Waals surface area (Å²) in [5, 5.41) is 5.16. The van der Waals surface area contributed by atoms with E-state index in [-0.39, 0.29) is 18.5 Å². The van der Waals surface area contributed by atoms with Crippen LogP contribution in [-0.4, -0.2) is 100 Å². The summed E-state index contributed by atoms with van der Waals surface area (Å²) in [4.78, 5) is 29.1. The molecule has 4 aromatic rings. The topological polar surface area (TPSA) is 79.6 Å². The van der Waals surface area contributed by atoms with Gasteiger partial charge in [0, 0.05) is 43.5 Å². The van der Waals surface area contributed by atoms with E-state index in [4.69, 9.17) is 19.8 Å². The summed E-state index contributed by atoms with van der Waals surface area (Å²) in [6.07, 6.45) is 2.64. The van der Waals surface area contributed by atoms with Crippen LogP contribution in [0.15, 0.2) is 42.6 Å². The molecule has 6 heterocycles. The summed E-state index contributed by atoms with van der Waals surface area (Å²) in [5.74, 6) is 0.416. The van der Waals surface area contributed by atoms with Crippen molar-refractivity contribution < 1.29 is 13.9 Å². The fourth-order valence-electron chi connectivity index (χ4n) is 5.84. The summed E-state index contributed by atoms with van der Waals surface area (Å²) < 4.78 is 23.3. The first kappa shape index (κ1) is 25.6. The zero-order chi connectivity index (χ0) is 27.2. The maximum absolute atomic E-state index is 15.1. The molecule has 40 heavy (non-hydrogen) atoms. The maximum atomic E-state index is 15.1. The Labute approximate surface area is 236 Å². The third-order valence-electron chi connectivity index (χ3n) is 8.15. The van der Waals surface area contributed by atoms with Crippen molar-refractivity contribution in [1.82, 2.24) is 29.5 Å². The zero-order valence-electron chi connectivity index (χ0n) is 22.5. The van der Waals surface area contributed by atoms with Crippen molar-refractivity contribution in [2.45, 2.75) is 32.0 Å². The van der Waals surface area contributed by atoms with Crippen LogP contribution in [0.3, 0.4) is 0 Å². The summed E-state index contributed by atoms with van der Waals surface area (Å²) in [6, 6.07) is 12.2. The lowest BCUT2D eigenvalue weighted by atomic mass is 9.98. The second-order valence-electron chi connectivity index (χ2n) is 10.8. The van der Waals surface area contributed by atoms with E-state index in [1.54, 1.807) is 9.58 Å². The first-order valence-corrected chi connectivity index (χ1v) is 14.8. The van der Waals surface area contributed by atoms with Gasteiger partial charge in [-0.3, -0.25) is 9.69 Å². The highest BCUT2D eigenvalue weighted by Gasteiger charge is 2.38. The minimum atomic E-state index is -1.04. The number of hydrogen-bond acceptors (Lipinski definition) is 8. The highest BCUT2D eigenvalue weighted by atomic mass is 32.1. The van der Waals surface area contributed by atoms with Crippen molar-refractivity contribution in [3.05, 3.63) is 53.2 Å². The number of anilines is 1. The molecular weight excluding hydrogens is 529 g/mol. The average Bonchev–Trinajstić information content (AvgIpc) is 3.61. The van der Waals surface area contributed by atoms with E-state index in [1.807, 2.05) is 30.5 Å². The Morgan fingerprint density at radius 1 is 1.07 bits per heavy atom. The smallest absolute Gasteiger partial charge is 0.283 e. The van der Waals surface area contributed by atoms with Gasteiger partial charge in [-0.2, -0.15) is 5.10 Å². The lowest BCUT2D eigenvalue weighted by Crippen LogP contribution is -2.57. The molecule has 3 saturated heterocycles. The molecule has 3 fully saturated rings. The number of aromatic nitrogens is 4. The number of thiazole rings is 1. The Morgan fingerprint density at radius 2 is 1.93 bits per heavy atom. The Kier molecular flexibility index (Phi) is 6.73. The Bertz CT molecular complexity index is 1540. The van der Waals surface area contributed by atoms with Crippen LogP contribution in [0.2, 0.25) is 0 Å². The maximum Gasteiger partial charge on any atom is 0.283 e. The standard InChI is InChI=1S/C29H32FN7O2S/c1-19-4-2-5-20(16-19)22-6-11-37(33-22)25-17-24(35-12-14-39-15-13-35)26-27(31-25)32-28(40-26)29(38)36-10-7-23(21(30)18-36)34-8-3-9-34/h2,4-6,11,16-17,21,23H,3,7-10,12-15,18H2,1H3. The highest BCUT2D eigenvalue weighted by molar-refractivity contribution is 7.20. The number of carbonyl (C=O) groups is 1. The number of hydrogen-bond donors (Lipinski definition) is 0. The van der Waals surface area contributed by atoms with Crippen LogP contribution in [-0.2, 0) is 4.74 Å². The number of benzene rings is 1. The lowest BCUT2D eigenvalue weighted by Gasteiger charge is -2.44. The number of pyridine rings is 1. The average molecular weight is 562 g/mol. The second-order valence-corrected chi connectivity index (χ2v) is 11.8. The Hall–Kier alpha value is -3.41. The molecule has 0 aliphatic carbocycles. The van der Waals surface area contributed by atoms with Crippen LogP contribution in [0.4, 0.5) is 10.1 Å². The van der Waals surface area contributed by atoms with Crippen LogP contribution in [0.1, 0.15) is 28.2 Å². The number of alkyl halides is 1. The fourth-order valence-corrected chi connectivity index (χ4v) is 6.85. The van der Waals surface area contributed by atoms with Crippen LogP contribution in [0.25, 0.3) is 27.4 Å². The van der Waals surface area contributed by atoms with E-state index in [0.717, 1.165) is 54.2 Å². The number of rotatable bonds is 5. The Balaban J connectivity index is 1.21. The van der Waals surface area contributed by atoms with Crippen molar-refractivity contribution in [1.29, 1.82) is 0 Å². The summed E-state index contributed by atoms with van der Waals surface area (Å²) in [6.45, 7) is 7.37. The number of amides is 1. The monoisotopic (exact) mass is 561 g/mol. The van der Waals surface area contributed by atoms with Crippen molar-refractivity contribution >= 4 is 33.3 Å². The SMILES string of the molecule is Cc1cccc(-c2ccn(-c3cc(N4CCOCC4)c4sc(C(=O)N5CCC(N6CCC6)C(F)C5)nc4n3)n2)c1. The third-order valence-corrected chi connectivity index (χ3v) is 9.21. The van der Waals surface area contributed by atoms with Crippen LogP contribution in [0, 0.1) is 6.92 Å². The zero-order valence-corrected chi connectivity index (χ0v) is 23.3. The van der Waals surface area contributed by atoms with Gasteiger partial charge in [0.05, 0.1) is 35.8 Å². The molecule has 0 N–H and O–H groups in total. The molecule has 0 saturated carbocycles. The van der Waals surface area contributed by atoms with Gasteiger partial charge in [0.15, 0.2) is 16.5 Å². The van der Waals surface area contributed by atoms with Gasteiger partial charge in [0.25, 0.3) is 5.91 Å².